The van der Waals surface area contributed by atoms with Gasteiger partial charge in [0.25, 0.3) is 5.91 Å². The highest BCUT2D eigenvalue weighted by Crippen LogP contribution is 2.22. The van der Waals surface area contributed by atoms with Crippen molar-refractivity contribution in [1.82, 2.24) is 14.9 Å². The van der Waals surface area contributed by atoms with E-state index in [0.29, 0.717) is 16.5 Å². The van der Waals surface area contributed by atoms with E-state index in [1.54, 1.807) is 37.6 Å². The molecule has 7 heteroatoms. The van der Waals surface area contributed by atoms with Gasteiger partial charge >= 0.3 is 0 Å². The molecule has 3 aromatic rings. The Kier molecular flexibility index (Phi) is 5.93. The van der Waals surface area contributed by atoms with Crippen LogP contribution in [-0.2, 0) is 4.79 Å². The summed E-state index contributed by atoms with van der Waals surface area (Å²) in [4.78, 5) is 28.6. The number of nitrogens with one attached hydrogen (secondary N) is 1. The van der Waals surface area contributed by atoms with Gasteiger partial charge in [0.05, 0.1) is 18.6 Å². The molecule has 0 aliphatic rings. The summed E-state index contributed by atoms with van der Waals surface area (Å²) in [6, 6.07) is 14.5. The average Bonchev–Trinajstić information content (AvgIpc) is 3.15. The zero-order valence-electron chi connectivity index (χ0n) is 15.0. The van der Waals surface area contributed by atoms with Crippen molar-refractivity contribution in [2.75, 3.05) is 12.9 Å². The maximum atomic E-state index is 12.1. The topological polar surface area (TPSA) is 73.2 Å². The summed E-state index contributed by atoms with van der Waals surface area (Å²) in [5, 5.41) is 3.08. The van der Waals surface area contributed by atoms with Crippen LogP contribution in [0.25, 0.3) is 5.69 Å². The number of carbonyl (C=O) groups is 2. The van der Waals surface area contributed by atoms with Gasteiger partial charge in [-0.1, -0.05) is 30.0 Å². The summed E-state index contributed by atoms with van der Waals surface area (Å²) in [7, 11) is 1.55. The van der Waals surface area contributed by atoms with Crippen LogP contribution in [0.4, 0.5) is 0 Å². The average molecular weight is 381 g/mol. The molecule has 0 saturated carbocycles. The summed E-state index contributed by atoms with van der Waals surface area (Å²) in [5.74, 6) is -0.0766. The van der Waals surface area contributed by atoms with Gasteiger partial charge in [-0.3, -0.25) is 19.5 Å². The van der Waals surface area contributed by atoms with Crippen LogP contribution in [0.1, 0.15) is 15.9 Å². The molecule has 138 valence electrons. The first kappa shape index (κ1) is 18.7. The molecule has 0 aliphatic carbocycles. The molecule has 1 heterocycles. The number of rotatable bonds is 6. The molecule has 27 heavy (non-hydrogen) atoms. The second kappa shape index (κ2) is 8.55. The van der Waals surface area contributed by atoms with Crippen molar-refractivity contribution in [3.8, 4) is 11.4 Å². The molecule has 0 bridgehead atoms. The minimum atomic E-state index is -0.439. The van der Waals surface area contributed by atoms with Crippen LogP contribution >= 0.6 is 11.8 Å². The molecule has 2 aromatic carbocycles. The Labute approximate surface area is 161 Å². The number of ether oxygens (including phenoxy) is 1. The van der Waals surface area contributed by atoms with Crippen molar-refractivity contribution >= 4 is 23.6 Å². The lowest BCUT2D eigenvalue weighted by molar-refractivity contribution is -0.117. The largest absolute Gasteiger partial charge is 0.497 e. The first-order valence-electron chi connectivity index (χ1n) is 8.29. The number of thioether (sulfide) groups is 1. The molecule has 0 unspecified atom stereocenters. The lowest BCUT2D eigenvalue weighted by atomic mass is 10.2. The number of hydrogen-bond acceptors (Lipinski definition) is 5. The van der Waals surface area contributed by atoms with Crippen molar-refractivity contribution in [1.29, 1.82) is 0 Å². The molecular weight excluding hydrogens is 362 g/mol. The van der Waals surface area contributed by atoms with Crippen LogP contribution in [0.3, 0.4) is 0 Å². The minimum Gasteiger partial charge on any atom is -0.497 e. The first-order chi connectivity index (χ1) is 13.1. The van der Waals surface area contributed by atoms with E-state index in [9.17, 15) is 9.59 Å². The molecule has 0 fully saturated rings. The first-order valence-corrected chi connectivity index (χ1v) is 9.27. The second-order valence-electron chi connectivity index (χ2n) is 5.76. The van der Waals surface area contributed by atoms with Gasteiger partial charge in [-0.15, -0.1) is 0 Å². The van der Waals surface area contributed by atoms with E-state index >= 15 is 0 Å². The maximum absolute atomic E-state index is 12.1. The van der Waals surface area contributed by atoms with Gasteiger partial charge in [0, 0.05) is 18.0 Å². The second-order valence-corrected chi connectivity index (χ2v) is 6.70. The van der Waals surface area contributed by atoms with E-state index in [1.165, 1.54) is 11.8 Å². The van der Waals surface area contributed by atoms with E-state index in [4.69, 9.17) is 4.74 Å². The molecule has 0 saturated heterocycles. The number of aromatic nitrogens is 2. The Morgan fingerprint density at radius 1 is 1.15 bits per heavy atom. The SMILES string of the molecule is COc1ccc(C(=O)NC(=O)CSc2nccn2-c2ccccc2C)cc1. The number of imide groups is 1. The van der Waals surface area contributed by atoms with Crippen molar-refractivity contribution < 1.29 is 14.3 Å². The zero-order valence-corrected chi connectivity index (χ0v) is 15.8. The molecular formula is C20H19N3O3S. The molecule has 3 rings (SSSR count). The Morgan fingerprint density at radius 2 is 1.89 bits per heavy atom. The van der Waals surface area contributed by atoms with Crippen LogP contribution in [0, 0.1) is 6.92 Å². The molecule has 0 atom stereocenters. The smallest absolute Gasteiger partial charge is 0.257 e. The van der Waals surface area contributed by atoms with Gasteiger partial charge in [-0.05, 0) is 42.8 Å². The van der Waals surface area contributed by atoms with Crippen LogP contribution in [-0.4, -0.2) is 34.2 Å². The third-order valence-corrected chi connectivity index (χ3v) is 4.89. The summed E-state index contributed by atoms with van der Waals surface area (Å²) in [6.07, 6.45) is 3.54. The predicted octanol–water partition coefficient (Wildman–Crippen LogP) is 3.24. The Bertz CT molecular complexity index is 951. The minimum absolute atomic E-state index is 0.0881. The lowest BCUT2D eigenvalue weighted by Crippen LogP contribution is -2.31. The number of benzene rings is 2. The van der Waals surface area contributed by atoms with E-state index in [2.05, 4.69) is 10.3 Å². The number of amides is 2. The molecule has 2 amide bonds. The van der Waals surface area contributed by atoms with E-state index in [-0.39, 0.29) is 11.7 Å². The van der Waals surface area contributed by atoms with Crippen LogP contribution in [0.2, 0.25) is 0 Å². The predicted molar refractivity (Wildman–Crippen MR) is 104 cm³/mol. The summed E-state index contributed by atoms with van der Waals surface area (Å²) in [5.41, 5.74) is 2.51. The quantitative estimate of drug-likeness (QED) is 0.664. The standard InChI is InChI=1S/C20H19N3O3S/c1-14-5-3-4-6-17(14)23-12-11-21-20(23)27-13-18(24)22-19(25)15-7-9-16(26-2)10-8-15/h3-12H,13H2,1-2H3,(H,22,24,25). The fourth-order valence-corrected chi connectivity index (χ4v) is 3.29. The van der Waals surface area contributed by atoms with Crippen molar-refractivity contribution in [3.05, 3.63) is 72.1 Å². The van der Waals surface area contributed by atoms with Gasteiger partial charge in [0.15, 0.2) is 5.16 Å². The highest BCUT2D eigenvalue weighted by molar-refractivity contribution is 7.99. The third-order valence-electron chi connectivity index (χ3n) is 3.92. The van der Waals surface area contributed by atoms with Crippen LogP contribution in [0.15, 0.2) is 66.1 Å². The Morgan fingerprint density at radius 3 is 2.59 bits per heavy atom. The van der Waals surface area contributed by atoms with Crippen molar-refractivity contribution in [2.24, 2.45) is 0 Å². The van der Waals surface area contributed by atoms with Gasteiger partial charge in [-0.2, -0.15) is 0 Å². The van der Waals surface area contributed by atoms with Gasteiger partial charge in [0.2, 0.25) is 5.91 Å². The molecule has 0 spiro atoms. The third kappa shape index (κ3) is 4.57. The highest BCUT2D eigenvalue weighted by atomic mass is 32.2. The summed E-state index contributed by atoms with van der Waals surface area (Å²) >= 11 is 1.28. The molecule has 6 nitrogen and oxygen atoms in total. The van der Waals surface area contributed by atoms with Gasteiger partial charge in [-0.25, -0.2) is 4.98 Å². The van der Waals surface area contributed by atoms with Gasteiger partial charge < -0.3 is 4.74 Å². The van der Waals surface area contributed by atoms with Crippen molar-refractivity contribution in [3.63, 3.8) is 0 Å². The fourth-order valence-electron chi connectivity index (χ4n) is 2.52. The Balaban J connectivity index is 1.61. The molecule has 1 aromatic heterocycles. The summed E-state index contributed by atoms with van der Waals surface area (Å²) < 4.78 is 6.98. The van der Waals surface area contributed by atoms with Crippen LogP contribution < -0.4 is 10.1 Å². The number of nitrogens with zero attached hydrogens (tertiary/aromatic N) is 2. The monoisotopic (exact) mass is 381 g/mol. The van der Waals surface area contributed by atoms with Crippen molar-refractivity contribution in [2.45, 2.75) is 12.1 Å². The number of para-hydroxylation sites is 1. The number of carbonyl (C=O) groups excluding carboxylic acids is 2. The number of methoxy groups -OCH3 is 1. The number of imidazole rings is 1. The van der Waals surface area contributed by atoms with E-state index < -0.39 is 5.91 Å². The molecule has 1 N–H and O–H groups in total. The maximum Gasteiger partial charge on any atom is 0.257 e. The van der Waals surface area contributed by atoms with Gasteiger partial charge in [0.1, 0.15) is 5.75 Å². The fraction of sp³-hybridized carbons (Fsp3) is 0.150. The number of aryl methyl sites for hydroxylation is 1. The normalized spacial score (nSPS) is 10.4. The highest BCUT2D eigenvalue weighted by Gasteiger charge is 2.13. The lowest BCUT2D eigenvalue weighted by Gasteiger charge is -2.10. The number of hydrogen-bond donors (Lipinski definition) is 1. The molecule has 0 aliphatic heterocycles. The Hall–Kier alpha value is -3.06. The zero-order chi connectivity index (χ0) is 19.2. The van der Waals surface area contributed by atoms with E-state index in [0.717, 1.165) is 11.3 Å². The van der Waals surface area contributed by atoms with E-state index in [1.807, 2.05) is 42.0 Å². The summed E-state index contributed by atoms with van der Waals surface area (Å²) in [6.45, 7) is 2.02. The molecule has 0 radical (unpaired) electrons. The van der Waals surface area contributed by atoms with Crippen LogP contribution in [0.5, 0.6) is 5.75 Å².